The Kier molecular flexibility index (Phi) is 10.2. The number of hydrogen-bond donors (Lipinski definition) is 1. The van der Waals surface area contributed by atoms with Gasteiger partial charge in [0.15, 0.2) is 5.65 Å². The van der Waals surface area contributed by atoms with Crippen LogP contribution < -0.4 is 10.2 Å². The number of nitrogens with one attached hydrogen (secondary N) is 1. The minimum Gasteiger partial charge on any atom is -0.596 e. The van der Waals surface area contributed by atoms with E-state index in [2.05, 4.69) is 40.1 Å². The van der Waals surface area contributed by atoms with E-state index in [-0.39, 0.29) is 6.16 Å². The summed E-state index contributed by atoms with van der Waals surface area (Å²) in [5.41, 5.74) is 3.56. The molecule has 4 heterocycles. The first-order chi connectivity index (χ1) is 16.3. The predicted octanol–water partition coefficient (Wildman–Crippen LogP) is 4.19. The average molecular weight is 524 g/mol. The lowest BCUT2D eigenvalue weighted by atomic mass is 10.1. The number of rotatable bonds is 9. The van der Waals surface area contributed by atoms with Crippen LogP contribution in [-0.2, 0) is 16.0 Å². The zero-order valence-electron chi connectivity index (χ0n) is 20.3. The van der Waals surface area contributed by atoms with Crippen molar-refractivity contribution in [2.45, 2.75) is 26.1 Å². The first-order valence-corrected chi connectivity index (χ1v) is 16.8. The van der Waals surface area contributed by atoms with Crippen LogP contribution in [0.1, 0.15) is 13.3 Å². The Labute approximate surface area is 208 Å². The van der Waals surface area contributed by atoms with E-state index in [1.54, 1.807) is 6.92 Å². The van der Waals surface area contributed by atoms with Crippen LogP contribution in [0.2, 0.25) is 0 Å². The summed E-state index contributed by atoms with van der Waals surface area (Å²) < 4.78 is 17.3. The van der Waals surface area contributed by atoms with Crippen molar-refractivity contribution < 1.29 is 14.2 Å². The van der Waals surface area contributed by atoms with Gasteiger partial charge < -0.3 is 19.5 Å². The molecule has 3 aromatic rings. The highest BCUT2D eigenvalue weighted by Gasteiger charge is 2.18. The highest BCUT2D eigenvalue weighted by molar-refractivity contribution is 8.32. The SMILES string of the molecule is CC[P+](=O)[O-].CS(C)(C)CCOCn1ccc2nc(-c3cccnc3NC3CCSC3)cnc21. The number of ether oxygens (including phenoxy) is 1. The standard InChI is InChI=1S/C21H29N5OS2.C2H5O2P/c1-29(2,3)12-10-27-15-26-9-6-18-21(26)23-13-19(25-18)17-5-4-8-22-20(17)24-16-7-11-28-14-16;1-2-5(3)4/h4-6,8-9,13,16H,7,10-12,14-15H2,1-3H3,(H,22,24);2H2,1H3. The van der Waals surface area contributed by atoms with Crippen LogP contribution >= 0.6 is 29.8 Å². The normalized spacial score (nSPS) is 16.7. The molecule has 0 bridgehead atoms. The molecular formula is C23H34N5O3PS2. The van der Waals surface area contributed by atoms with Crippen LogP contribution in [0.25, 0.3) is 22.4 Å². The third-order valence-electron chi connectivity index (χ3n) is 5.15. The number of nitrogens with zero attached hydrogens (tertiary/aromatic N) is 4. The molecule has 2 atom stereocenters. The van der Waals surface area contributed by atoms with Gasteiger partial charge in [0.05, 0.1) is 18.5 Å². The lowest BCUT2D eigenvalue weighted by Gasteiger charge is -2.24. The van der Waals surface area contributed by atoms with Crippen molar-refractivity contribution in [2.24, 2.45) is 0 Å². The van der Waals surface area contributed by atoms with Gasteiger partial charge in [0, 0.05) is 35.5 Å². The highest BCUT2D eigenvalue weighted by Crippen LogP contribution is 2.33. The van der Waals surface area contributed by atoms with Gasteiger partial charge in [-0.1, -0.05) is 4.57 Å². The third-order valence-corrected chi connectivity index (χ3v) is 8.22. The lowest BCUT2D eigenvalue weighted by Crippen LogP contribution is -2.19. The topological polar surface area (TPSA) is 105 Å². The summed E-state index contributed by atoms with van der Waals surface area (Å²) in [5.74, 6) is 4.33. The van der Waals surface area contributed by atoms with E-state index in [1.165, 1.54) is 12.2 Å². The van der Waals surface area contributed by atoms with Crippen molar-refractivity contribution in [2.75, 3.05) is 54.1 Å². The largest absolute Gasteiger partial charge is 0.596 e. The van der Waals surface area contributed by atoms with E-state index in [0.717, 1.165) is 46.4 Å². The second-order valence-corrected chi connectivity index (χ2v) is 15.9. The first kappa shape index (κ1) is 26.9. The van der Waals surface area contributed by atoms with E-state index in [1.807, 2.05) is 47.1 Å². The second kappa shape index (κ2) is 12.8. The number of fused-ring (bicyclic) bond motifs is 1. The second-order valence-electron chi connectivity index (χ2n) is 8.84. The van der Waals surface area contributed by atoms with Crippen molar-refractivity contribution in [1.82, 2.24) is 19.5 Å². The van der Waals surface area contributed by atoms with Crippen molar-refractivity contribution in [3.63, 3.8) is 0 Å². The Balaban J connectivity index is 0.000000588. The molecule has 0 radical (unpaired) electrons. The first-order valence-electron chi connectivity index (χ1n) is 11.2. The molecule has 1 N–H and O–H groups in total. The monoisotopic (exact) mass is 523 g/mol. The summed E-state index contributed by atoms with van der Waals surface area (Å²) in [6.07, 6.45) is 14.0. The molecule has 2 unspecified atom stereocenters. The molecule has 8 nitrogen and oxygen atoms in total. The summed E-state index contributed by atoms with van der Waals surface area (Å²) in [7, 11) is -2.63. The summed E-state index contributed by atoms with van der Waals surface area (Å²) in [4.78, 5) is 23.5. The Morgan fingerprint density at radius 3 is 2.79 bits per heavy atom. The Morgan fingerprint density at radius 1 is 1.32 bits per heavy atom. The van der Waals surface area contributed by atoms with Gasteiger partial charge in [-0.3, -0.25) is 0 Å². The number of hydrogen-bond acceptors (Lipinski definition) is 8. The molecule has 0 spiro atoms. The fourth-order valence-corrected chi connectivity index (χ4v) is 5.01. The van der Waals surface area contributed by atoms with Gasteiger partial charge in [0.25, 0.3) is 0 Å². The van der Waals surface area contributed by atoms with Gasteiger partial charge in [0.1, 0.15) is 24.2 Å². The average Bonchev–Trinajstić information content (AvgIpc) is 3.46. The van der Waals surface area contributed by atoms with E-state index in [0.29, 0.717) is 12.8 Å². The fourth-order valence-electron chi connectivity index (χ4n) is 3.24. The molecule has 1 aliphatic rings. The van der Waals surface area contributed by atoms with Crippen LogP contribution in [-0.4, -0.2) is 74.4 Å². The highest BCUT2D eigenvalue weighted by atomic mass is 32.3. The van der Waals surface area contributed by atoms with Gasteiger partial charge in [0.2, 0.25) is 0 Å². The summed E-state index contributed by atoms with van der Waals surface area (Å²) >= 11 is 1.99. The Hall–Kier alpha value is -1.71. The van der Waals surface area contributed by atoms with Crippen LogP contribution in [0.5, 0.6) is 0 Å². The van der Waals surface area contributed by atoms with Crippen LogP contribution in [0.15, 0.2) is 36.8 Å². The number of anilines is 1. The van der Waals surface area contributed by atoms with E-state index in [9.17, 15) is 9.46 Å². The molecular weight excluding hydrogens is 489 g/mol. The molecule has 3 aromatic heterocycles. The molecule has 0 aromatic carbocycles. The summed E-state index contributed by atoms with van der Waals surface area (Å²) in [5, 5.41) is 3.58. The van der Waals surface area contributed by atoms with Crippen molar-refractivity contribution in [3.8, 4) is 11.3 Å². The van der Waals surface area contributed by atoms with Gasteiger partial charge in [-0.25, -0.2) is 25.0 Å². The number of aromatic nitrogens is 4. The molecule has 0 saturated carbocycles. The zero-order chi connectivity index (χ0) is 24.6. The molecule has 186 valence electrons. The number of pyridine rings is 1. The van der Waals surface area contributed by atoms with E-state index >= 15 is 0 Å². The van der Waals surface area contributed by atoms with Crippen molar-refractivity contribution in [3.05, 3.63) is 36.8 Å². The molecule has 0 amide bonds. The summed E-state index contributed by atoms with van der Waals surface area (Å²) in [6.45, 7) is 2.88. The molecule has 1 saturated heterocycles. The van der Waals surface area contributed by atoms with Gasteiger partial charge >= 0.3 is 8.03 Å². The molecule has 1 aliphatic heterocycles. The Bertz CT molecular complexity index is 1080. The minimum absolute atomic E-state index is 0.259. The van der Waals surface area contributed by atoms with Gasteiger partial charge in [-0.2, -0.15) is 11.8 Å². The van der Waals surface area contributed by atoms with Gasteiger partial charge in [-0.15, -0.1) is 0 Å². The van der Waals surface area contributed by atoms with Crippen LogP contribution in [0, 0.1) is 0 Å². The smallest absolute Gasteiger partial charge is 0.308 e. The number of thioether (sulfide) groups is 1. The third kappa shape index (κ3) is 8.20. The maximum atomic E-state index is 9.41. The van der Waals surface area contributed by atoms with Crippen LogP contribution in [0.4, 0.5) is 5.82 Å². The van der Waals surface area contributed by atoms with E-state index in [4.69, 9.17) is 9.72 Å². The quantitative estimate of drug-likeness (QED) is 0.329. The molecule has 34 heavy (non-hydrogen) atoms. The van der Waals surface area contributed by atoms with Crippen molar-refractivity contribution >= 4 is 46.8 Å². The van der Waals surface area contributed by atoms with E-state index < -0.39 is 18.1 Å². The Morgan fingerprint density at radius 2 is 2.12 bits per heavy atom. The minimum atomic E-state index is -2.10. The van der Waals surface area contributed by atoms with Gasteiger partial charge in [-0.05, 0) is 56.1 Å². The molecule has 0 aliphatic carbocycles. The zero-order valence-corrected chi connectivity index (χ0v) is 22.8. The predicted molar refractivity (Wildman–Crippen MR) is 144 cm³/mol. The maximum absolute atomic E-state index is 9.41. The molecule has 1 fully saturated rings. The van der Waals surface area contributed by atoms with Crippen LogP contribution in [0.3, 0.4) is 0 Å². The lowest BCUT2D eigenvalue weighted by molar-refractivity contribution is -0.164. The van der Waals surface area contributed by atoms with Crippen molar-refractivity contribution in [1.29, 1.82) is 0 Å². The summed E-state index contributed by atoms with van der Waals surface area (Å²) in [6, 6.07) is 6.48. The maximum Gasteiger partial charge on any atom is 0.308 e. The molecule has 11 heteroatoms. The fraction of sp³-hybridized carbons (Fsp3) is 0.522. The molecule has 4 rings (SSSR count).